The second-order valence-corrected chi connectivity index (χ2v) is 6.74. The van der Waals surface area contributed by atoms with E-state index < -0.39 is 0 Å². The summed E-state index contributed by atoms with van der Waals surface area (Å²) in [4.78, 5) is 3.21. The van der Waals surface area contributed by atoms with Crippen LogP contribution >= 0.6 is 15.9 Å². The molecule has 1 fully saturated rings. The highest BCUT2D eigenvalue weighted by Crippen LogP contribution is 2.24. The molecule has 1 aliphatic rings. The Morgan fingerprint density at radius 1 is 1.56 bits per heavy atom. The van der Waals surface area contributed by atoms with Crippen LogP contribution in [0.1, 0.15) is 45.3 Å². The van der Waals surface area contributed by atoms with E-state index in [4.69, 9.17) is 0 Å². The monoisotopic (exact) mass is 313 g/mol. The molecule has 1 aromatic rings. The van der Waals surface area contributed by atoms with Crippen LogP contribution in [0.25, 0.3) is 0 Å². The summed E-state index contributed by atoms with van der Waals surface area (Å²) in [5.74, 6) is 0.732. The second kappa shape index (κ2) is 6.20. The molecule has 3 nitrogen and oxygen atoms in total. The van der Waals surface area contributed by atoms with Gasteiger partial charge in [-0.05, 0) is 38.3 Å². The third kappa shape index (κ3) is 3.35. The van der Waals surface area contributed by atoms with Crippen LogP contribution in [0.15, 0.2) is 12.3 Å². The normalized spacial score (nSPS) is 27.3. The van der Waals surface area contributed by atoms with Gasteiger partial charge < -0.3 is 0 Å². The Balaban J connectivity index is 1.91. The average Bonchev–Trinajstić information content (AvgIpc) is 2.81. The molecule has 18 heavy (non-hydrogen) atoms. The SMILES string of the molecule is CCC(C)n1ccc(CN2CCC(Br)C(C)C2)n1. The minimum Gasteiger partial charge on any atom is -0.297 e. The second-order valence-electron chi connectivity index (χ2n) is 5.56. The molecule has 0 bridgehead atoms. The highest BCUT2D eigenvalue weighted by atomic mass is 79.9. The fraction of sp³-hybridized carbons (Fsp3) is 0.786. The molecule has 102 valence electrons. The van der Waals surface area contributed by atoms with Gasteiger partial charge in [0.1, 0.15) is 0 Å². The van der Waals surface area contributed by atoms with Crippen LogP contribution in [0.4, 0.5) is 0 Å². The number of hydrogen-bond donors (Lipinski definition) is 0. The zero-order valence-electron chi connectivity index (χ0n) is 11.6. The van der Waals surface area contributed by atoms with Gasteiger partial charge >= 0.3 is 0 Å². The number of rotatable bonds is 4. The molecule has 1 saturated heterocycles. The summed E-state index contributed by atoms with van der Waals surface area (Å²) in [6.45, 7) is 10.1. The Hall–Kier alpha value is -0.350. The van der Waals surface area contributed by atoms with Gasteiger partial charge in [-0.1, -0.05) is 29.8 Å². The standard InChI is InChI=1S/C14H24BrN3/c1-4-12(3)18-8-5-13(16-18)10-17-7-6-14(15)11(2)9-17/h5,8,11-12,14H,4,6-7,9-10H2,1-3H3. The number of halogens is 1. The molecule has 1 aliphatic heterocycles. The van der Waals surface area contributed by atoms with Gasteiger partial charge in [-0.15, -0.1) is 0 Å². The summed E-state index contributed by atoms with van der Waals surface area (Å²) in [7, 11) is 0. The van der Waals surface area contributed by atoms with Gasteiger partial charge in [0.15, 0.2) is 0 Å². The number of alkyl halides is 1. The first-order valence-electron chi connectivity index (χ1n) is 7.00. The zero-order valence-corrected chi connectivity index (χ0v) is 13.2. The van der Waals surface area contributed by atoms with E-state index in [0.29, 0.717) is 10.9 Å². The lowest BCUT2D eigenvalue weighted by molar-refractivity contribution is 0.181. The van der Waals surface area contributed by atoms with Crippen LogP contribution in [0, 0.1) is 5.92 Å². The minimum atomic E-state index is 0.506. The number of nitrogens with zero attached hydrogens (tertiary/aromatic N) is 3. The molecule has 1 aromatic heterocycles. The van der Waals surface area contributed by atoms with Crippen molar-refractivity contribution < 1.29 is 0 Å². The van der Waals surface area contributed by atoms with Crippen LogP contribution < -0.4 is 0 Å². The molecule has 4 heteroatoms. The van der Waals surface area contributed by atoms with Crippen LogP contribution in [-0.2, 0) is 6.54 Å². The first-order valence-corrected chi connectivity index (χ1v) is 7.92. The molecule has 2 rings (SSSR count). The van der Waals surface area contributed by atoms with E-state index in [9.17, 15) is 0 Å². The Bertz CT molecular complexity index is 377. The maximum absolute atomic E-state index is 4.68. The highest BCUT2D eigenvalue weighted by Gasteiger charge is 2.24. The van der Waals surface area contributed by atoms with E-state index in [1.165, 1.54) is 25.2 Å². The smallest absolute Gasteiger partial charge is 0.0764 e. The van der Waals surface area contributed by atoms with Gasteiger partial charge in [0, 0.05) is 30.2 Å². The summed E-state index contributed by atoms with van der Waals surface area (Å²) >= 11 is 3.75. The van der Waals surface area contributed by atoms with Gasteiger partial charge in [0.05, 0.1) is 5.69 Å². The van der Waals surface area contributed by atoms with Gasteiger partial charge in [-0.25, -0.2) is 0 Å². The zero-order chi connectivity index (χ0) is 13.1. The number of likely N-dealkylation sites (tertiary alicyclic amines) is 1. The lowest BCUT2D eigenvalue weighted by Gasteiger charge is -2.33. The predicted molar refractivity (Wildman–Crippen MR) is 79.0 cm³/mol. The summed E-state index contributed by atoms with van der Waals surface area (Å²) in [5, 5.41) is 4.68. The Kier molecular flexibility index (Phi) is 4.84. The predicted octanol–water partition coefficient (Wildman–Crippen LogP) is 3.46. The first kappa shape index (κ1) is 14.1. The van der Waals surface area contributed by atoms with E-state index in [2.05, 4.69) is 63.6 Å². The summed E-state index contributed by atoms with van der Waals surface area (Å²) < 4.78 is 2.09. The van der Waals surface area contributed by atoms with Crippen molar-refractivity contribution >= 4 is 15.9 Å². The lowest BCUT2D eigenvalue weighted by Crippen LogP contribution is -2.39. The van der Waals surface area contributed by atoms with E-state index in [1.54, 1.807) is 0 Å². The Morgan fingerprint density at radius 3 is 3.00 bits per heavy atom. The first-order chi connectivity index (χ1) is 8.60. The highest BCUT2D eigenvalue weighted by molar-refractivity contribution is 9.09. The molecule has 0 saturated carbocycles. The molecule has 0 N–H and O–H groups in total. The van der Waals surface area contributed by atoms with Crippen molar-refractivity contribution in [2.75, 3.05) is 13.1 Å². The van der Waals surface area contributed by atoms with Gasteiger partial charge in [-0.3, -0.25) is 9.58 Å². The van der Waals surface area contributed by atoms with Crippen molar-refractivity contribution in [1.82, 2.24) is 14.7 Å². The largest absolute Gasteiger partial charge is 0.297 e. The van der Waals surface area contributed by atoms with Crippen molar-refractivity contribution in [2.45, 2.75) is 51.0 Å². The van der Waals surface area contributed by atoms with E-state index >= 15 is 0 Å². The number of piperidine rings is 1. The van der Waals surface area contributed by atoms with E-state index in [1.807, 2.05) is 0 Å². The summed E-state index contributed by atoms with van der Waals surface area (Å²) in [6, 6.07) is 2.67. The number of hydrogen-bond acceptors (Lipinski definition) is 2. The molecule has 0 radical (unpaired) electrons. The van der Waals surface area contributed by atoms with E-state index in [0.717, 1.165) is 18.9 Å². The minimum absolute atomic E-state index is 0.506. The van der Waals surface area contributed by atoms with Gasteiger partial charge in [0.2, 0.25) is 0 Å². The molecular formula is C14H24BrN3. The number of aromatic nitrogens is 2. The van der Waals surface area contributed by atoms with Crippen molar-refractivity contribution in [3.8, 4) is 0 Å². The summed E-state index contributed by atoms with van der Waals surface area (Å²) in [6.07, 6.45) is 4.49. The van der Waals surface area contributed by atoms with Crippen molar-refractivity contribution in [3.05, 3.63) is 18.0 Å². The van der Waals surface area contributed by atoms with Crippen LogP contribution in [-0.4, -0.2) is 32.6 Å². The molecule has 3 atom stereocenters. The van der Waals surface area contributed by atoms with Crippen molar-refractivity contribution in [1.29, 1.82) is 0 Å². The molecule has 0 aromatic carbocycles. The molecule has 0 aliphatic carbocycles. The molecule has 0 spiro atoms. The third-order valence-electron chi connectivity index (χ3n) is 3.98. The summed E-state index contributed by atoms with van der Waals surface area (Å²) in [5.41, 5.74) is 1.20. The average molecular weight is 314 g/mol. The molecular weight excluding hydrogens is 290 g/mol. The van der Waals surface area contributed by atoms with Crippen LogP contribution in [0.5, 0.6) is 0 Å². The topological polar surface area (TPSA) is 21.1 Å². The fourth-order valence-electron chi connectivity index (χ4n) is 2.47. The Morgan fingerprint density at radius 2 is 2.33 bits per heavy atom. The van der Waals surface area contributed by atoms with Gasteiger partial charge in [-0.2, -0.15) is 5.10 Å². The molecule has 2 heterocycles. The molecule has 0 amide bonds. The van der Waals surface area contributed by atoms with Crippen molar-refractivity contribution in [3.63, 3.8) is 0 Å². The van der Waals surface area contributed by atoms with Gasteiger partial charge in [0.25, 0.3) is 0 Å². The lowest BCUT2D eigenvalue weighted by atomic mass is 10.00. The quantitative estimate of drug-likeness (QED) is 0.794. The van der Waals surface area contributed by atoms with E-state index in [-0.39, 0.29) is 0 Å². The van der Waals surface area contributed by atoms with Crippen molar-refractivity contribution in [2.24, 2.45) is 5.92 Å². The van der Waals surface area contributed by atoms with Crippen LogP contribution in [0.3, 0.4) is 0 Å². The van der Waals surface area contributed by atoms with Crippen LogP contribution in [0.2, 0.25) is 0 Å². The Labute approximate surface area is 119 Å². The third-order valence-corrected chi connectivity index (χ3v) is 5.34. The maximum Gasteiger partial charge on any atom is 0.0764 e. The fourth-order valence-corrected chi connectivity index (χ4v) is 2.84. The maximum atomic E-state index is 4.68. The molecule has 3 unspecified atom stereocenters.